The van der Waals surface area contributed by atoms with E-state index in [9.17, 15) is 14.7 Å². The Morgan fingerprint density at radius 3 is 2.76 bits per heavy atom. The predicted octanol–water partition coefficient (Wildman–Crippen LogP) is 5.29. The summed E-state index contributed by atoms with van der Waals surface area (Å²) >= 11 is 1.33. The zero-order valence-electron chi connectivity index (χ0n) is 22.0. The summed E-state index contributed by atoms with van der Waals surface area (Å²) in [6, 6.07) is 26.0. The van der Waals surface area contributed by atoms with Crippen molar-refractivity contribution in [1.29, 1.82) is 0 Å². The number of rotatable bonds is 5. The van der Waals surface area contributed by atoms with Gasteiger partial charge in [0.05, 0.1) is 28.9 Å². The molecule has 202 valence electrons. The number of thiazole rings is 1. The fourth-order valence-corrected chi connectivity index (χ4v) is 6.64. The van der Waals surface area contributed by atoms with Crippen LogP contribution in [-0.4, -0.2) is 22.8 Å². The van der Waals surface area contributed by atoms with Crippen LogP contribution in [0.4, 0.5) is 0 Å². The second-order valence-corrected chi connectivity index (χ2v) is 11.0. The largest absolute Gasteiger partial charge is 0.497 e. The Labute approximate surface area is 238 Å². The first-order chi connectivity index (χ1) is 20.0. The molecule has 5 aromatic rings. The van der Waals surface area contributed by atoms with E-state index in [-0.39, 0.29) is 17.2 Å². The first-order valence-corrected chi connectivity index (χ1v) is 14.0. The summed E-state index contributed by atoms with van der Waals surface area (Å²) in [5.74, 6) is 0.747. The molecule has 0 saturated heterocycles. The number of aromatic carboxylic acids is 1. The van der Waals surface area contributed by atoms with E-state index in [0.29, 0.717) is 26.4 Å². The highest BCUT2D eigenvalue weighted by Gasteiger charge is 2.32. The first-order valence-electron chi connectivity index (χ1n) is 13.2. The second-order valence-electron chi connectivity index (χ2n) is 9.98. The summed E-state index contributed by atoms with van der Waals surface area (Å²) in [4.78, 5) is 31.1. The minimum atomic E-state index is -1.00. The molecule has 7 nitrogen and oxygen atoms in total. The zero-order valence-corrected chi connectivity index (χ0v) is 22.9. The SMILES string of the molecule is COc1cccc([C@H]2C3=C(N=c4s/c(=C/c5ccc(-c6cccc(C(=O)O)c6)o5)c(=O)n42)c2ccccc2CC3)c1. The van der Waals surface area contributed by atoms with Crippen molar-refractivity contribution < 1.29 is 19.1 Å². The molecule has 7 rings (SSSR count). The molecule has 8 heteroatoms. The van der Waals surface area contributed by atoms with Crippen LogP contribution in [-0.2, 0) is 6.42 Å². The Morgan fingerprint density at radius 2 is 1.90 bits per heavy atom. The third-order valence-corrected chi connectivity index (χ3v) is 8.56. The van der Waals surface area contributed by atoms with Crippen LogP contribution in [0, 0.1) is 0 Å². The summed E-state index contributed by atoms with van der Waals surface area (Å²) in [6.07, 6.45) is 3.42. The molecule has 1 aliphatic carbocycles. The Balaban J connectivity index is 1.38. The maximum atomic E-state index is 14.0. The lowest BCUT2D eigenvalue weighted by Gasteiger charge is -2.31. The van der Waals surface area contributed by atoms with Gasteiger partial charge < -0.3 is 14.3 Å². The molecule has 41 heavy (non-hydrogen) atoms. The molecule has 0 amide bonds. The van der Waals surface area contributed by atoms with Gasteiger partial charge in [0.2, 0.25) is 0 Å². The lowest BCUT2D eigenvalue weighted by molar-refractivity contribution is 0.0697. The smallest absolute Gasteiger partial charge is 0.335 e. The average molecular weight is 561 g/mol. The molecule has 0 spiro atoms. The Hall–Kier alpha value is -4.95. The lowest BCUT2D eigenvalue weighted by atomic mass is 9.83. The molecule has 3 aromatic carbocycles. The quantitative estimate of drug-likeness (QED) is 0.316. The van der Waals surface area contributed by atoms with Crippen molar-refractivity contribution in [2.75, 3.05) is 7.11 Å². The molecule has 2 aliphatic rings. The van der Waals surface area contributed by atoms with Crippen molar-refractivity contribution in [3.8, 4) is 17.1 Å². The Kier molecular flexibility index (Phi) is 6.05. The molecule has 3 heterocycles. The number of nitrogens with zero attached hydrogens (tertiary/aromatic N) is 2. The van der Waals surface area contributed by atoms with Crippen LogP contribution < -0.4 is 19.6 Å². The van der Waals surface area contributed by atoms with Crippen molar-refractivity contribution >= 4 is 29.1 Å². The van der Waals surface area contributed by atoms with Crippen LogP contribution in [0.25, 0.3) is 23.1 Å². The van der Waals surface area contributed by atoms with Crippen LogP contribution in [0.15, 0.2) is 105 Å². The number of carbonyl (C=O) groups is 1. The standard InChI is InChI=1S/C33H24N2O5S/c1-39-23-10-5-8-21(17-23)30-26-14-12-19-6-2-3-11-25(19)29(26)34-33-35(30)31(36)28(41-33)18-24-13-15-27(40-24)20-7-4-9-22(16-20)32(37)38/h2-11,13,15-18,30H,12,14H2,1H3,(H,37,38)/b28-18+/t30-/m0/s1. The number of hydrogen-bond donors (Lipinski definition) is 1. The van der Waals surface area contributed by atoms with Crippen molar-refractivity contribution in [3.05, 3.63) is 138 Å². The number of ether oxygens (including phenoxy) is 1. The van der Waals surface area contributed by atoms with Crippen molar-refractivity contribution in [2.24, 2.45) is 4.99 Å². The molecule has 2 aromatic heterocycles. The van der Waals surface area contributed by atoms with Crippen molar-refractivity contribution in [1.82, 2.24) is 4.57 Å². The molecule has 1 N–H and O–H groups in total. The van der Waals surface area contributed by atoms with Crippen molar-refractivity contribution in [2.45, 2.75) is 18.9 Å². The van der Waals surface area contributed by atoms with E-state index in [0.717, 1.165) is 41.0 Å². The van der Waals surface area contributed by atoms with Gasteiger partial charge in [0.15, 0.2) is 4.80 Å². The summed E-state index contributed by atoms with van der Waals surface area (Å²) in [7, 11) is 1.64. The molecule has 0 radical (unpaired) electrons. The van der Waals surface area contributed by atoms with Gasteiger partial charge in [0.25, 0.3) is 5.56 Å². The van der Waals surface area contributed by atoms with Gasteiger partial charge in [-0.1, -0.05) is 59.9 Å². The zero-order chi connectivity index (χ0) is 28.1. The fourth-order valence-electron chi connectivity index (χ4n) is 5.65. The van der Waals surface area contributed by atoms with Crippen LogP contribution in [0.3, 0.4) is 0 Å². The highest BCUT2D eigenvalue weighted by molar-refractivity contribution is 7.07. The number of aromatic nitrogens is 1. The van der Waals surface area contributed by atoms with E-state index in [1.165, 1.54) is 23.0 Å². The third-order valence-electron chi connectivity index (χ3n) is 7.58. The van der Waals surface area contributed by atoms with E-state index in [1.807, 2.05) is 30.3 Å². The third kappa shape index (κ3) is 4.33. The fraction of sp³-hybridized carbons (Fsp3) is 0.121. The van der Waals surface area contributed by atoms with Crippen LogP contribution >= 0.6 is 11.3 Å². The molecule has 0 fully saturated rings. The van der Waals surface area contributed by atoms with Gasteiger partial charge in [-0.3, -0.25) is 9.36 Å². The van der Waals surface area contributed by atoms with E-state index in [4.69, 9.17) is 14.1 Å². The number of fused-ring (bicyclic) bond motifs is 3. The number of methoxy groups -OCH3 is 1. The number of carboxylic acids is 1. The summed E-state index contributed by atoms with van der Waals surface area (Å²) in [5.41, 5.74) is 6.08. The van der Waals surface area contributed by atoms with E-state index in [1.54, 1.807) is 48.1 Å². The van der Waals surface area contributed by atoms with Crippen molar-refractivity contribution in [3.63, 3.8) is 0 Å². The Morgan fingerprint density at radius 1 is 1.05 bits per heavy atom. The number of furan rings is 1. The maximum Gasteiger partial charge on any atom is 0.335 e. The second kappa shape index (κ2) is 9.91. The van der Waals surface area contributed by atoms with E-state index < -0.39 is 5.97 Å². The highest BCUT2D eigenvalue weighted by Crippen LogP contribution is 2.41. The van der Waals surface area contributed by atoms with Gasteiger partial charge >= 0.3 is 5.97 Å². The average Bonchev–Trinajstić information content (AvgIpc) is 3.60. The molecule has 0 unspecified atom stereocenters. The van der Waals surface area contributed by atoms with Gasteiger partial charge in [-0.15, -0.1) is 0 Å². The minimum absolute atomic E-state index is 0.141. The Bertz CT molecular complexity index is 2060. The van der Waals surface area contributed by atoms with Gasteiger partial charge in [-0.2, -0.15) is 0 Å². The van der Waals surface area contributed by atoms with Gasteiger partial charge in [-0.05, 0) is 65.9 Å². The van der Waals surface area contributed by atoms with E-state index in [2.05, 4.69) is 18.2 Å². The summed E-state index contributed by atoms with van der Waals surface area (Å²) in [6.45, 7) is 0. The normalized spacial score (nSPS) is 16.0. The molecule has 0 bridgehead atoms. The maximum absolute atomic E-state index is 14.0. The molecular formula is C33H24N2O5S. The number of allylic oxidation sites excluding steroid dienone is 1. The topological polar surface area (TPSA) is 94.0 Å². The highest BCUT2D eigenvalue weighted by atomic mass is 32.1. The summed E-state index contributed by atoms with van der Waals surface area (Å²) < 4.78 is 13.8. The number of aryl methyl sites for hydroxylation is 1. The lowest BCUT2D eigenvalue weighted by Crippen LogP contribution is -2.38. The van der Waals surface area contributed by atoms with E-state index >= 15 is 0 Å². The monoisotopic (exact) mass is 560 g/mol. The number of benzene rings is 3. The molecule has 1 atom stereocenters. The minimum Gasteiger partial charge on any atom is -0.497 e. The molecular weight excluding hydrogens is 536 g/mol. The van der Waals surface area contributed by atoms with Crippen LogP contribution in [0.2, 0.25) is 0 Å². The summed E-state index contributed by atoms with van der Waals surface area (Å²) in [5, 5.41) is 9.34. The molecule has 1 aliphatic heterocycles. The van der Waals surface area contributed by atoms with Gasteiger partial charge in [0.1, 0.15) is 17.3 Å². The van der Waals surface area contributed by atoms with Crippen LogP contribution in [0.1, 0.15) is 45.3 Å². The van der Waals surface area contributed by atoms with Gasteiger partial charge in [-0.25, -0.2) is 9.79 Å². The number of hydrogen-bond acceptors (Lipinski definition) is 6. The van der Waals surface area contributed by atoms with Gasteiger partial charge in [0, 0.05) is 17.2 Å². The molecule has 0 saturated carbocycles. The number of carboxylic acid groups (broad SMARTS) is 1. The van der Waals surface area contributed by atoms with Crippen LogP contribution in [0.5, 0.6) is 5.75 Å². The first kappa shape index (κ1) is 25.0. The predicted molar refractivity (Wildman–Crippen MR) is 157 cm³/mol.